The van der Waals surface area contributed by atoms with Crippen molar-refractivity contribution in [3.8, 4) is 11.8 Å². The number of benzene rings is 1. The molecule has 0 aliphatic carbocycles. The number of methoxy groups -OCH3 is 1. The second-order valence-corrected chi connectivity index (χ2v) is 8.01. The fourth-order valence-corrected chi connectivity index (χ4v) is 4.42. The zero-order chi connectivity index (χ0) is 18.6. The maximum atomic E-state index is 13.3. The fraction of sp³-hybridized carbons (Fsp3) is 0.412. The van der Waals surface area contributed by atoms with E-state index in [1.54, 1.807) is 18.2 Å². The number of piperidine rings is 1. The normalized spacial score (nSPS) is 18.5. The zero-order valence-corrected chi connectivity index (χ0v) is 15.2. The van der Waals surface area contributed by atoms with Crippen LogP contribution in [0.4, 0.5) is 4.39 Å². The van der Waals surface area contributed by atoms with Gasteiger partial charge in [0.2, 0.25) is 21.8 Å². The number of aromatic nitrogens is 2. The van der Waals surface area contributed by atoms with Gasteiger partial charge in [-0.15, -0.1) is 10.2 Å². The van der Waals surface area contributed by atoms with Crippen LogP contribution in [-0.2, 0) is 15.8 Å². The Kier molecular flexibility index (Phi) is 5.67. The first-order valence-corrected chi connectivity index (χ1v) is 9.84. The molecule has 1 aromatic heterocycles. The third-order valence-electron chi connectivity index (χ3n) is 4.08. The van der Waals surface area contributed by atoms with Crippen LogP contribution in [0, 0.1) is 5.82 Å². The molecule has 2 aromatic rings. The molecule has 7 nitrogen and oxygen atoms in total. The van der Waals surface area contributed by atoms with E-state index in [9.17, 15) is 12.8 Å². The number of sulfonamides is 1. The van der Waals surface area contributed by atoms with Crippen molar-refractivity contribution in [1.29, 1.82) is 0 Å². The molecule has 1 atom stereocenters. The Labute approximate surface area is 151 Å². The van der Waals surface area contributed by atoms with E-state index < -0.39 is 15.8 Å². The highest BCUT2D eigenvalue weighted by molar-refractivity contribution is 7.88. The summed E-state index contributed by atoms with van der Waals surface area (Å²) in [6.07, 6.45) is 1.09. The van der Waals surface area contributed by atoms with Crippen LogP contribution in [0.1, 0.15) is 18.4 Å². The van der Waals surface area contributed by atoms with E-state index in [0.717, 1.165) is 6.42 Å². The summed E-state index contributed by atoms with van der Waals surface area (Å²) in [5.74, 6) is 0.0101. The summed E-state index contributed by atoms with van der Waals surface area (Å²) in [7, 11) is -2.07. The molecular formula is C17H20FN3O4S. The first-order valence-electron chi connectivity index (χ1n) is 8.23. The molecule has 26 heavy (non-hydrogen) atoms. The van der Waals surface area contributed by atoms with Gasteiger partial charge in [-0.2, -0.15) is 4.31 Å². The minimum atomic E-state index is -3.56. The van der Waals surface area contributed by atoms with Crippen molar-refractivity contribution in [3.63, 3.8) is 0 Å². The molecule has 1 aliphatic heterocycles. The Morgan fingerprint density at radius 1 is 1.23 bits per heavy atom. The van der Waals surface area contributed by atoms with E-state index in [-0.39, 0.29) is 18.4 Å². The zero-order valence-electron chi connectivity index (χ0n) is 14.3. The second-order valence-electron chi connectivity index (χ2n) is 6.04. The van der Waals surface area contributed by atoms with Gasteiger partial charge in [-0.05, 0) is 30.5 Å². The SMILES string of the molecule is COc1ccc(OC2CCCN(S(=O)(=O)Cc3cccc(F)c3)C2)nn1. The molecule has 0 N–H and O–H groups in total. The lowest BCUT2D eigenvalue weighted by molar-refractivity contribution is 0.123. The summed E-state index contributed by atoms with van der Waals surface area (Å²) >= 11 is 0. The average Bonchev–Trinajstić information content (AvgIpc) is 2.62. The van der Waals surface area contributed by atoms with Crippen molar-refractivity contribution in [1.82, 2.24) is 14.5 Å². The summed E-state index contributed by atoms with van der Waals surface area (Å²) in [5, 5.41) is 7.73. The predicted octanol–water partition coefficient (Wildman–Crippen LogP) is 2.00. The summed E-state index contributed by atoms with van der Waals surface area (Å²) in [5.41, 5.74) is 0.425. The highest BCUT2D eigenvalue weighted by Crippen LogP contribution is 2.21. The molecule has 1 fully saturated rings. The van der Waals surface area contributed by atoms with Gasteiger partial charge in [0.05, 0.1) is 19.4 Å². The van der Waals surface area contributed by atoms with Crippen LogP contribution in [0.25, 0.3) is 0 Å². The predicted molar refractivity (Wildman–Crippen MR) is 92.8 cm³/mol. The van der Waals surface area contributed by atoms with Gasteiger partial charge in [0.1, 0.15) is 11.9 Å². The van der Waals surface area contributed by atoms with Crippen molar-refractivity contribution in [3.05, 3.63) is 47.8 Å². The summed E-state index contributed by atoms with van der Waals surface area (Å²) in [6.45, 7) is 0.650. The maximum Gasteiger partial charge on any atom is 0.233 e. The van der Waals surface area contributed by atoms with Crippen LogP contribution in [-0.4, -0.2) is 49.2 Å². The molecule has 3 rings (SSSR count). The number of halogens is 1. The standard InChI is InChI=1S/C17H20FN3O4S/c1-24-16-7-8-17(20-19-16)25-15-6-3-9-21(11-15)26(22,23)12-13-4-2-5-14(18)10-13/h2,4-5,7-8,10,15H,3,6,9,11-12H2,1H3. The van der Waals surface area contributed by atoms with Crippen LogP contribution < -0.4 is 9.47 Å². The molecule has 1 unspecified atom stereocenters. The van der Waals surface area contributed by atoms with Gasteiger partial charge in [-0.1, -0.05) is 12.1 Å². The number of ether oxygens (including phenoxy) is 2. The third kappa shape index (κ3) is 4.67. The van der Waals surface area contributed by atoms with Crippen LogP contribution in [0.5, 0.6) is 11.8 Å². The molecule has 2 heterocycles. The van der Waals surface area contributed by atoms with Crippen LogP contribution >= 0.6 is 0 Å². The lowest BCUT2D eigenvalue weighted by atomic mass is 10.1. The highest BCUT2D eigenvalue weighted by atomic mass is 32.2. The molecular weight excluding hydrogens is 361 g/mol. The van der Waals surface area contributed by atoms with Gasteiger partial charge in [0.15, 0.2) is 0 Å². The summed E-state index contributed by atoms with van der Waals surface area (Å²) in [4.78, 5) is 0. The summed E-state index contributed by atoms with van der Waals surface area (Å²) in [6, 6.07) is 8.89. The van der Waals surface area contributed by atoms with Crippen molar-refractivity contribution in [2.75, 3.05) is 20.2 Å². The Balaban J connectivity index is 1.64. The molecule has 0 radical (unpaired) electrons. The van der Waals surface area contributed by atoms with Gasteiger partial charge in [-0.25, -0.2) is 12.8 Å². The fourth-order valence-electron chi connectivity index (χ4n) is 2.83. The van der Waals surface area contributed by atoms with Crippen molar-refractivity contribution in [2.45, 2.75) is 24.7 Å². The van der Waals surface area contributed by atoms with Gasteiger partial charge in [-0.3, -0.25) is 0 Å². The maximum absolute atomic E-state index is 13.3. The van der Waals surface area contributed by atoms with E-state index in [0.29, 0.717) is 30.3 Å². The Morgan fingerprint density at radius 3 is 2.69 bits per heavy atom. The third-order valence-corrected chi connectivity index (χ3v) is 5.90. The van der Waals surface area contributed by atoms with Crippen LogP contribution in [0.3, 0.4) is 0 Å². The minimum Gasteiger partial charge on any atom is -0.480 e. The highest BCUT2D eigenvalue weighted by Gasteiger charge is 2.30. The van der Waals surface area contributed by atoms with E-state index in [1.165, 1.54) is 29.6 Å². The molecule has 1 aromatic carbocycles. The molecule has 140 valence electrons. The molecule has 0 spiro atoms. The van der Waals surface area contributed by atoms with Gasteiger partial charge < -0.3 is 9.47 Å². The van der Waals surface area contributed by atoms with E-state index in [2.05, 4.69) is 10.2 Å². The largest absolute Gasteiger partial charge is 0.480 e. The van der Waals surface area contributed by atoms with Gasteiger partial charge in [0.25, 0.3) is 0 Å². The average molecular weight is 381 g/mol. The van der Waals surface area contributed by atoms with Crippen molar-refractivity contribution in [2.24, 2.45) is 0 Å². The quantitative estimate of drug-likeness (QED) is 0.761. The number of rotatable bonds is 6. The first kappa shape index (κ1) is 18.5. The molecule has 1 saturated heterocycles. The smallest absolute Gasteiger partial charge is 0.233 e. The number of hydrogen-bond donors (Lipinski definition) is 0. The Morgan fingerprint density at radius 2 is 2.00 bits per heavy atom. The van der Waals surface area contributed by atoms with E-state index in [1.807, 2.05) is 0 Å². The molecule has 1 aliphatic rings. The Hall–Kier alpha value is -2.26. The van der Waals surface area contributed by atoms with E-state index in [4.69, 9.17) is 9.47 Å². The van der Waals surface area contributed by atoms with Gasteiger partial charge in [0, 0.05) is 18.7 Å². The van der Waals surface area contributed by atoms with Crippen molar-refractivity contribution >= 4 is 10.0 Å². The number of nitrogens with zero attached hydrogens (tertiary/aromatic N) is 3. The molecule has 0 saturated carbocycles. The summed E-state index contributed by atoms with van der Waals surface area (Å²) < 4.78 is 50.7. The topological polar surface area (TPSA) is 81.6 Å². The monoisotopic (exact) mass is 381 g/mol. The lowest BCUT2D eigenvalue weighted by Crippen LogP contribution is -2.44. The Bertz CT molecular complexity index is 845. The first-order chi connectivity index (χ1) is 12.5. The molecule has 0 bridgehead atoms. The molecule has 9 heteroatoms. The van der Waals surface area contributed by atoms with E-state index >= 15 is 0 Å². The minimum absolute atomic E-state index is 0.228. The van der Waals surface area contributed by atoms with Gasteiger partial charge >= 0.3 is 0 Å². The molecule has 0 amide bonds. The second kappa shape index (κ2) is 7.96. The van der Waals surface area contributed by atoms with Crippen molar-refractivity contribution < 1.29 is 22.3 Å². The lowest BCUT2D eigenvalue weighted by Gasteiger charge is -2.31. The van der Waals surface area contributed by atoms with Crippen LogP contribution in [0.2, 0.25) is 0 Å². The van der Waals surface area contributed by atoms with Crippen LogP contribution in [0.15, 0.2) is 36.4 Å². The number of hydrogen-bond acceptors (Lipinski definition) is 6.